The number of anilines is 2. The molecule has 2 saturated heterocycles. The number of allylic oxidation sites excluding steroid dienone is 2. The summed E-state index contributed by atoms with van der Waals surface area (Å²) in [6, 6.07) is 36.2. The summed E-state index contributed by atoms with van der Waals surface area (Å²) in [5.41, 5.74) is 7.89. The van der Waals surface area contributed by atoms with Crippen LogP contribution < -0.4 is 15.1 Å². The standard InChI is InChI=1S/C47H38N4O7/c1-26-12-17-30(18-13-26)49-51-44(54)35-25-34-32(41(28-16-23-37(52)39(24-28)57-2)47(35,46(51)56)29-8-4-3-5-9-29)21-22-33-40(34)45(55)50(43(33)53)31-19-14-27(15-20-31)42-48-36-10-6-7-11-38(36)58-42/h3-21,23-24,33-35,40-41,49,52H,22,25H2,1-2H3. The number of hydrogen-bond acceptors (Lipinski definition) is 9. The summed E-state index contributed by atoms with van der Waals surface area (Å²) in [6.45, 7) is 1.96. The van der Waals surface area contributed by atoms with Crippen LogP contribution in [0.1, 0.15) is 35.4 Å². The molecule has 11 nitrogen and oxygen atoms in total. The number of ether oxygens (including phenoxy) is 1. The molecule has 1 saturated carbocycles. The highest BCUT2D eigenvalue weighted by Crippen LogP contribution is 2.64. The number of rotatable bonds is 7. The van der Waals surface area contributed by atoms with Crippen molar-refractivity contribution in [2.24, 2.45) is 23.7 Å². The second-order valence-corrected chi connectivity index (χ2v) is 15.6. The summed E-state index contributed by atoms with van der Waals surface area (Å²) >= 11 is 0. The van der Waals surface area contributed by atoms with E-state index in [0.717, 1.165) is 21.7 Å². The number of benzene rings is 5. The molecule has 6 unspecified atom stereocenters. The second-order valence-electron chi connectivity index (χ2n) is 15.6. The van der Waals surface area contributed by atoms with E-state index in [9.17, 15) is 19.5 Å². The monoisotopic (exact) mass is 770 g/mol. The molecular formula is C47H38N4O7. The summed E-state index contributed by atoms with van der Waals surface area (Å²) in [5.74, 6) is -4.61. The number of carbonyl (C=O) groups is 4. The number of phenolic OH excluding ortho intramolecular Hbond substituents is 1. The molecule has 1 aromatic heterocycles. The molecule has 11 heteroatoms. The van der Waals surface area contributed by atoms with Gasteiger partial charge in [0.2, 0.25) is 17.7 Å². The van der Waals surface area contributed by atoms with E-state index >= 15 is 4.79 Å². The third-order valence-electron chi connectivity index (χ3n) is 12.6. The number of para-hydroxylation sites is 2. The largest absolute Gasteiger partial charge is 0.504 e. The van der Waals surface area contributed by atoms with Crippen molar-refractivity contribution in [2.75, 3.05) is 17.4 Å². The van der Waals surface area contributed by atoms with Crippen LogP contribution in [0.2, 0.25) is 0 Å². The predicted molar refractivity (Wildman–Crippen MR) is 215 cm³/mol. The number of oxazole rings is 1. The molecule has 0 radical (unpaired) electrons. The number of hydrazine groups is 1. The number of nitrogens with zero attached hydrogens (tertiary/aromatic N) is 3. The molecule has 4 aliphatic rings. The average Bonchev–Trinajstić information content (AvgIpc) is 3.86. The van der Waals surface area contributed by atoms with Crippen molar-refractivity contribution in [3.63, 3.8) is 0 Å². The maximum Gasteiger partial charge on any atom is 0.260 e. The third-order valence-corrected chi connectivity index (χ3v) is 12.6. The molecule has 2 N–H and O–H groups in total. The van der Waals surface area contributed by atoms with Gasteiger partial charge in [0.05, 0.1) is 41.7 Å². The number of aromatic nitrogens is 1. The number of hydrogen-bond donors (Lipinski definition) is 2. The first-order valence-corrected chi connectivity index (χ1v) is 19.4. The summed E-state index contributed by atoms with van der Waals surface area (Å²) in [6.07, 6.45) is 2.44. The molecule has 6 aromatic rings. The fourth-order valence-electron chi connectivity index (χ4n) is 10.00. The minimum atomic E-state index is -1.45. The first kappa shape index (κ1) is 35.4. The van der Waals surface area contributed by atoms with Gasteiger partial charge in [-0.15, -0.1) is 0 Å². The average molecular weight is 771 g/mol. The van der Waals surface area contributed by atoms with Crippen LogP contribution in [0.3, 0.4) is 0 Å². The van der Waals surface area contributed by atoms with Crippen LogP contribution in [0.15, 0.2) is 137 Å². The van der Waals surface area contributed by atoms with Gasteiger partial charge in [-0.3, -0.25) is 29.5 Å². The van der Waals surface area contributed by atoms with Gasteiger partial charge in [0.25, 0.3) is 11.8 Å². The van der Waals surface area contributed by atoms with Crippen LogP contribution in [-0.4, -0.2) is 45.8 Å². The number of fused-ring (bicyclic) bond motifs is 5. The van der Waals surface area contributed by atoms with E-state index in [1.807, 2.05) is 91.9 Å². The highest BCUT2D eigenvalue weighted by molar-refractivity contribution is 6.22. The molecule has 0 bridgehead atoms. The topological polar surface area (TPSA) is 142 Å². The molecule has 5 aromatic carbocycles. The Balaban J connectivity index is 1.08. The number of amides is 4. The minimum absolute atomic E-state index is 0.0765. The van der Waals surface area contributed by atoms with Gasteiger partial charge < -0.3 is 14.3 Å². The van der Waals surface area contributed by atoms with Crippen molar-refractivity contribution in [3.8, 4) is 23.0 Å². The molecule has 2 aliphatic heterocycles. The maximum atomic E-state index is 15.4. The molecule has 288 valence electrons. The molecule has 2 aliphatic carbocycles. The number of aromatic hydroxyl groups is 1. The summed E-state index contributed by atoms with van der Waals surface area (Å²) in [5, 5.41) is 11.9. The first-order chi connectivity index (χ1) is 28.2. The maximum absolute atomic E-state index is 15.4. The zero-order valence-electron chi connectivity index (χ0n) is 31.7. The number of phenols is 1. The third kappa shape index (κ3) is 5.15. The van der Waals surface area contributed by atoms with E-state index < -0.39 is 46.8 Å². The lowest BCUT2D eigenvalue weighted by Gasteiger charge is -2.50. The Hall–Kier alpha value is -7.01. The lowest BCUT2D eigenvalue weighted by molar-refractivity contribution is -0.138. The molecule has 6 atom stereocenters. The first-order valence-electron chi connectivity index (χ1n) is 19.4. The Morgan fingerprint density at radius 3 is 2.31 bits per heavy atom. The Morgan fingerprint density at radius 1 is 0.828 bits per heavy atom. The van der Waals surface area contributed by atoms with Crippen molar-refractivity contribution in [3.05, 3.63) is 150 Å². The van der Waals surface area contributed by atoms with E-state index in [0.29, 0.717) is 39.5 Å². The fourth-order valence-corrected chi connectivity index (χ4v) is 10.00. The zero-order valence-corrected chi connectivity index (χ0v) is 31.7. The van der Waals surface area contributed by atoms with Gasteiger partial charge >= 0.3 is 0 Å². The van der Waals surface area contributed by atoms with Gasteiger partial charge in [-0.05, 0) is 97.5 Å². The van der Waals surface area contributed by atoms with Crippen LogP contribution in [0.25, 0.3) is 22.6 Å². The quantitative estimate of drug-likeness (QED) is 0.123. The van der Waals surface area contributed by atoms with E-state index in [1.54, 1.807) is 36.4 Å². The molecule has 4 amide bonds. The highest BCUT2D eigenvalue weighted by atomic mass is 16.5. The van der Waals surface area contributed by atoms with Gasteiger partial charge in [-0.25, -0.2) is 4.98 Å². The molecule has 10 rings (SSSR count). The number of methoxy groups -OCH3 is 1. The smallest absolute Gasteiger partial charge is 0.260 e. The molecular weight excluding hydrogens is 733 g/mol. The molecule has 58 heavy (non-hydrogen) atoms. The van der Waals surface area contributed by atoms with Gasteiger partial charge in [0, 0.05) is 11.5 Å². The van der Waals surface area contributed by atoms with Gasteiger partial charge in [-0.2, -0.15) is 5.01 Å². The lowest BCUT2D eigenvalue weighted by Crippen LogP contribution is -2.53. The normalized spacial score (nSPS) is 25.1. The number of imide groups is 2. The minimum Gasteiger partial charge on any atom is -0.504 e. The molecule has 3 fully saturated rings. The van der Waals surface area contributed by atoms with Crippen LogP contribution in [-0.2, 0) is 24.6 Å². The fraction of sp³-hybridized carbons (Fsp3) is 0.213. The van der Waals surface area contributed by atoms with Crippen molar-refractivity contribution in [1.82, 2.24) is 9.99 Å². The van der Waals surface area contributed by atoms with Crippen molar-refractivity contribution < 1.29 is 33.4 Å². The van der Waals surface area contributed by atoms with Crippen LogP contribution in [0, 0.1) is 30.6 Å². The Labute approximate surface area is 333 Å². The van der Waals surface area contributed by atoms with E-state index in [-0.39, 0.29) is 36.2 Å². The summed E-state index contributed by atoms with van der Waals surface area (Å²) in [7, 11) is 1.46. The Bertz CT molecular complexity index is 2660. The second kappa shape index (κ2) is 13.3. The van der Waals surface area contributed by atoms with Crippen molar-refractivity contribution in [2.45, 2.75) is 31.1 Å². The Kier molecular flexibility index (Phi) is 8.12. The van der Waals surface area contributed by atoms with Crippen molar-refractivity contribution in [1.29, 1.82) is 0 Å². The number of nitrogens with one attached hydrogen (secondary N) is 1. The highest BCUT2D eigenvalue weighted by Gasteiger charge is 2.70. The van der Waals surface area contributed by atoms with Gasteiger partial charge in [0.15, 0.2) is 17.1 Å². The SMILES string of the molecule is COc1cc(C2C3=CCC4C(=O)N(c5ccc(-c6nc7ccccc7o6)cc5)C(=O)C4C3CC3C(=O)N(Nc4ccc(C)cc4)C(=O)C32c2ccccc2)ccc1O. The Morgan fingerprint density at radius 2 is 1.57 bits per heavy atom. The molecule has 3 heterocycles. The number of carbonyl (C=O) groups excluding carboxylic acids is 4. The lowest BCUT2D eigenvalue weighted by atomic mass is 9.49. The van der Waals surface area contributed by atoms with Gasteiger partial charge in [0.1, 0.15) is 5.52 Å². The number of aryl methyl sites for hydroxylation is 1. The van der Waals surface area contributed by atoms with Crippen LogP contribution in [0.5, 0.6) is 11.5 Å². The van der Waals surface area contributed by atoms with Crippen LogP contribution in [0.4, 0.5) is 11.4 Å². The van der Waals surface area contributed by atoms with E-state index in [1.165, 1.54) is 18.1 Å². The molecule has 0 spiro atoms. The van der Waals surface area contributed by atoms with E-state index in [2.05, 4.69) is 10.4 Å². The van der Waals surface area contributed by atoms with Crippen LogP contribution >= 0.6 is 0 Å². The summed E-state index contributed by atoms with van der Waals surface area (Å²) < 4.78 is 11.5. The zero-order chi connectivity index (χ0) is 39.9. The van der Waals surface area contributed by atoms with Gasteiger partial charge in [-0.1, -0.05) is 77.9 Å². The van der Waals surface area contributed by atoms with E-state index in [4.69, 9.17) is 9.15 Å². The predicted octanol–water partition coefficient (Wildman–Crippen LogP) is 7.71. The van der Waals surface area contributed by atoms with Crippen molar-refractivity contribution >= 4 is 46.1 Å². The summed E-state index contributed by atoms with van der Waals surface area (Å²) in [4.78, 5) is 65.3.